The number of carboxylic acids is 1. The van der Waals surface area contributed by atoms with Crippen molar-refractivity contribution in [1.82, 2.24) is 0 Å². The summed E-state index contributed by atoms with van der Waals surface area (Å²) in [5, 5.41) is 18.3. The highest BCUT2D eigenvalue weighted by Crippen LogP contribution is 2.31. The van der Waals surface area contributed by atoms with Crippen molar-refractivity contribution in [2.24, 2.45) is 0 Å². The Kier molecular flexibility index (Phi) is 2.93. The fourth-order valence-corrected chi connectivity index (χ4v) is 1.29. The fourth-order valence-electron chi connectivity index (χ4n) is 1.29. The first kappa shape index (κ1) is 10.7. The smallest absolute Gasteiger partial charge is 0.331 e. The van der Waals surface area contributed by atoms with Gasteiger partial charge in [-0.1, -0.05) is 0 Å². The molecule has 0 spiro atoms. The highest BCUT2D eigenvalue weighted by atomic mass is 16.7. The molecule has 1 aliphatic rings. The van der Waals surface area contributed by atoms with Crippen LogP contribution in [0.5, 0.6) is 0 Å². The van der Waals surface area contributed by atoms with Gasteiger partial charge in [-0.05, 0) is 12.2 Å². The van der Waals surface area contributed by atoms with E-state index in [1.165, 1.54) is 26.4 Å². The summed E-state index contributed by atoms with van der Waals surface area (Å²) >= 11 is 0. The molecular formula is C9H12O5. The third kappa shape index (κ3) is 1.64. The molecule has 0 radical (unpaired) electrons. The number of carbonyl (C=O) groups is 1. The van der Waals surface area contributed by atoms with Crippen LogP contribution in [0.15, 0.2) is 23.5 Å². The predicted molar refractivity (Wildman–Crippen MR) is 47.8 cm³/mol. The zero-order valence-corrected chi connectivity index (χ0v) is 7.98. The van der Waals surface area contributed by atoms with Gasteiger partial charge in [-0.2, -0.15) is 0 Å². The van der Waals surface area contributed by atoms with E-state index in [1.54, 1.807) is 0 Å². The molecule has 0 heterocycles. The standard InChI is InChI=1S/C9H12O5/c1-13-9(14-2)5-6(8(11)12)3-4-7(9)10/h3-4,10H,5H2,1-2H3,(H,11,12). The molecule has 1 rings (SSSR count). The van der Waals surface area contributed by atoms with E-state index in [-0.39, 0.29) is 17.8 Å². The average molecular weight is 200 g/mol. The third-order valence-corrected chi connectivity index (χ3v) is 2.19. The number of allylic oxidation sites excluding steroid dienone is 2. The summed E-state index contributed by atoms with van der Waals surface area (Å²) in [5.41, 5.74) is 0.131. The highest BCUT2D eigenvalue weighted by Gasteiger charge is 2.39. The van der Waals surface area contributed by atoms with E-state index in [2.05, 4.69) is 0 Å². The molecule has 0 amide bonds. The molecule has 0 aromatic carbocycles. The molecule has 0 bridgehead atoms. The van der Waals surface area contributed by atoms with Crippen LogP contribution in [0, 0.1) is 0 Å². The van der Waals surface area contributed by atoms with Gasteiger partial charge in [0.05, 0.1) is 0 Å². The van der Waals surface area contributed by atoms with E-state index in [0.29, 0.717) is 0 Å². The summed E-state index contributed by atoms with van der Waals surface area (Å²) in [6.45, 7) is 0. The second-order valence-corrected chi connectivity index (χ2v) is 2.89. The monoisotopic (exact) mass is 200 g/mol. The number of hydrogen-bond acceptors (Lipinski definition) is 4. The first-order chi connectivity index (χ1) is 6.55. The summed E-state index contributed by atoms with van der Waals surface area (Å²) in [6, 6.07) is 0. The zero-order valence-electron chi connectivity index (χ0n) is 7.98. The van der Waals surface area contributed by atoms with Crippen molar-refractivity contribution < 1.29 is 24.5 Å². The number of aliphatic carboxylic acids is 1. The number of methoxy groups -OCH3 is 2. The van der Waals surface area contributed by atoms with Crippen LogP contribution >= 0.6 is 0 Å². The Bertz CT molecular complexity index is 298. The van der Waals surface area contributed by atoms with Crippen molar-refractivity contribution in [3.8, 4) is 0 Å². The number of rotatable bonds is 3. The van der Waals surface area contributed by atoms with Gasteiger partial charge in [0.15, 0.2) is 5.76 Å². The number of aliphatic hydroxyl groups is 1. The maximum Gasteiger partial charge on any atom is 0.331 e. The molecule has 0 unspecified atom stereocenters. The van der Waals surface area contributed by atoms with Crippen LogP contribution < -0.4 is 0 Å². The van der Waals surface area contributed by atoms with E-state index in [4.69, 9.17) is 14.6 Å². The van der Waals surface area contributed by atoms with Crippen LogP contribution in [0.1, 0.15) is 6.42 Å². The minimum atomic E-state index is -1.36. The van der Waals surface area contributed by atoms with Gasteiger partial charge in [-0.3, -0.25) is 0 Å². The largest absolute Gasteiger partial charge is 0.507 e. The predicted octanol–water partition coefficient (Wildman–Crippen LogP) is 0.832. The maximum atomic E-state index is 10.7. The molecule has 0 atom stereocenters. The lowest BCUT2D eigenvalue weighted by Crippen LogP contribution is -2.39. The van der Waals surface area contributed by atoms with Crippen LogP contribution in [0.2, 0.25) is 0 Å². The Morgan fingerprint density at radius 2 is 2.00 bits per heavy atom. The summed E-state index contributed by atoms with van der Waals surface area (Å²) in [7, 11) is 2.69. The molecular weight excluding hydrogens is 188 g/mol. The molecule has 0 aromatic heterocycles. The second kappa shape index (κ2) is 3.81. The molecule has 2 N–H and O–H groups in total. The lowest BCUT2D eigenvalue weighted by Gasteiger charge is -2.31. The van der Waals surface area contributed by atoms with Gasteiger partial charge in [0.1, 0.15) is 0 Å². The first-order valence-corrected chi connectivity index (χ1v) is 3.99. The molecule has 0 fully saturated rings. The van der Waals surface area contributed by atoms with Gasteiger partial charge in [-0.25, -0.2) is 4.79 Å². The highest BCUT2D eigenvalue weighted by molar-refractivity contribution is 5.87. The fraction of sp³-hybridized carbons (Fsp3) is 0.444. The van der Waals surface area contributed by atoms with Gasteiger partial charge in [0.25, 0.3) is 0 Å². The maximum absolute atomic E-state index is 10.7. The van der Waals surface area contributed by atoms with E-state index in [1.807, 2.05) is 0 Å². The van der Waals surface area contributed by atoms with Crippen molar-refractivity contribution in [2.75, 3.05) is 14.2 Å². The molecule has 0 saturated carbocycles. The number of ether oxygens (including phenoxy) is 2. The average Bonchev–Trinajstić information content (AvgIpc) is 2.19. The van der Waals surface area contributed by atoms with E-state index >= 15 is 0 Å². The molecule has 0 aliphatic heterocycles. The molecule has 5 heteroatoms. The SMILES string of the molecule is COC1(OC)CC(C(=O)O)=CC=C1O. The normalized spacial score (nSPS) is 19.9. The van der Waals surface area contributed by atoms with E-state index in [0.717, 1.165) is 0 Å². The van der Waals surface area contributed by atoms with Crippen LogP contribution in [0.3, 0.4) is 0 Å². The summed E-state index contributed by atoms with van der Waals surface area (Å²) in [5.74, 6) is -2.54. The van der Waals surface area contributed by atoms with Crippen LogP contribution in [-0.2, 0) is 14.3 Å². The minimum absolute atomic E-state index is 0.0162. The van der Waals surface area contributed by atoms with Crippen molar-refractivity contribution in [2.45, 2.75) is 12.2 Å². The number of carboxylic acid groups (broad SMARTS) is 1. The molecule has 5 nitrogen and oxygen atoms in total. The van der Waals surface area contributed by atoms with E-state index < -0.39 is 11.8 Å². The molecule has 0 saturated heterocycles. The molecule has 14 heavy (non-hydrogen) atoms. The number of hydrogen-bond donors (Lipinski definition) is 2. The Balaban J connectivity index is 3.01. The number of aliphatic hydroxyl groups excluding tert-OH is 1. The van der Waals surface area contributed by atoms with Gasteiger partial charge >= 0.3 is 5.97 Å². The third-order valence-electron chi connectivity index (χ3n) is 2.19. The van der Waals surface area contributed by atoms with Crippen LogP contribution in [0.25, 0.3) is 0 Å². The van der Waals surface area contributed by atoms with Crippen molar-refractivity contribution in [3.63, 3.8) is 0 Å². The van der Waals surface area contributed by atoms with Gasteiger partial charge in [0.2, 0.25) is 5.79 Å². The Morgan fingerprint density at radius 1 is 1.43 bits per heavy atom. The van der Waals surface area contributed by atoms with Gasteiger partial charge < -0.3 is 19.7 Å². The Hall–Kier alpha value is -1.33. The van der Waals surface area contributed by atoms with Crippen molar-refractivity contribution in [3.05, 3.63) is 23.5 Å². The Labute approximate surface area is 81.3 Å². The Morgan fingerprint density at radius 3 is 2.43 bits per heavy atom. The topological polar surface area (TPSA) is 76.0 Å². The van der Waals surface area contributed by atoms with Crippen LogP contribution in [-0.4, -0.2) is 36.2 Å². The van der Waals surface area contributed by atoms with Crippen molar-refractivity contribution >= 4 is 5.97 Å². The van der Waals surface area contributed by atoms with Gasteiger partial charge in [-0.15, -0.1) is 0 Å². The van der Waals surface area contributed by atoms with Crippen molar-refractivity contribution in [1.29, 1.82) is 0 Å². The first-order valence-electron chi connectivity index (χ1n) is 3.99. The lowest BCUT2D eigenvalue weighted by atomic mass is 9.97. The zero-order chi connectivity index (χ0) is 10.8. The summed E-state index contributed by atoms with van der Waals surface area (Å²) in [6.07, 6.45) is 2.57. The van der Waals surface area contributed by atoms with Crippen LogP contribution in [0.4, 0.5) is 0 Å². The second-order valence-electron chi connectivity index (χ2n) is 2.89. The van der Waals surface area contributed by atoms with Gasteiger partial charge in [0, 0.05) is 26.2 Å². The molecule has 0 aromatic rings. The van der Waals surface area contributed by atoms with E-state index in [9.17, 15) is 9.90 Å². The summed E-state index contributed by atoms with van der Waals surface area (Å²) in [4.78, 5) is 10.7. The lowest BCUT2D eigenvalue weighted by molar-refractivity contribution is -0.198. The minimum Gasteiger partial charge on any atom is -0.507 e. The summed E-state index contributed by atoms with van der Waals surface area (Å²) < 4.78 is 9.95. The molecule has 78 valence electrons. The quantitative estimate of drug-likeness (QED) is 0.660. The molecule has 1 aliphatic carbocycles.